The van der Waals surface area contributed by atoms with Crippen LogP contribution in [-0.2, 0) is 0 Å². The van der Waals surface area contributed by atoms with Gasteiger partial charge in [0.25, 0.3) is 0 Å². The Morgan fingerprint density at radius 1 is 1.38 bits per heavy atom. The fraction of sp³-hybridized carbons (Fsp3) is 1.00. The van der Waals surface area contributed by atoms with Gasteiger partial charge >= 0.3 is 6.18 Å². The van der Waals surface area contributed by atoms with Crippen LogP contribution in [0.25, 0.3) is 0 Å². The highest BCUT2D eigenvalue weighted by Crippen LogP contribution is 2.46. The van der Waals surface area contributed by atoms with Crippen LogP contribution >= 0.6 is 0 Å². The van der Waals surface area contributed by atoms with Gasteiger partial charge in [0.05, 0.1) is 0 Å². The van der Waals surface area contributed by atoms with Crippen LogP contribution in [0.2, 0.25) is 0 Å². The van der Waals surface area contributed by atoms with Crippen LogP contribution in [0.5, 0.6) is 0 Å². The molecule has 0 aliphatic heterocycles. The molecule has 1 N–H and O–H groups in total. The van der Waals surface area contributed by atoms with Crippen molar-refractivity contribution in [1.29, 1.82) is 0 Å². The Morgan fingerprint density at radius 2 is 2.00 bits per heavy atom. The van der Waals surface area contributed by atoms with Gasteiger partial charge in [0.1, 0.15) is 0 Å². The summed E-state index contributed by atoms with van der Waals surface area (Å²) < 4.78 is 37.5. The summed E-state index contributed by atoms with van der Waals surface area (Å²) in [6.45, 7) is 1.70. The topological polar surface area (TPSA) is 20.2 Å². The molecule has 0 amide bonds. The monoisotopic (exact) mass is 196 g/mol. The van der Waals surface area contributed by atoms with Crippen molar-refractivity contribution in [3.63, 3.8) is 0 Å². The van der Waals surface area contributed by atoms with Gasteiger partial charge in [-0.05, 0) is 18.8 Å². The van der Waals surface area contributed by atoms with Crippen LogP contribution < -0.4 is 0 Å². The number of aliphatic hydroxyl groups is 1. The second-order valence-electron chi connectivity index (χ2n) is 3.77. The van der Waals surface area contributed by atoms with E-state index in [0.717, 1.165) is 6.42 Å². The second kappa shape index (κ2) is 3.48. The first-order valence-electron chi connectivity index (χ1n) is 4.71. The molecule has 1 aliphatic rings. The zero-order valence-electron chi connectivity index (χ0n) is 7.69. The fourth-order valence-electron chi connectivity index (χ4n) is 2.14. The van der Waals surface area contributed by atoms with E-state index >= 15 is 0 Å². The first kappa shape index (κ1) is 10.8. The van der Waals surface area contributed by atoms with Gasteiger partial charge in [-0.25, -0.2) is 0 Å². The molecule has 0 heterocycles. The minimum atomic E-state index is -4.46. The predicted molar refractivity (Wildman–Crippen MR) is 43.3 cm³/mol. The lowest BCUT2D eigenvalue weighted by atomic mass is 9.73. The van der Waals surface area contributed by atoms with Crippen molar-refractivity contribution in [2.24, 2.45) is 5.92 Å². The smallest absolute Gasteiger partial charge is 0.380 e. The van der Waals surface area contributed by atoms with E-state index in [1.807, 2.05) is 0 Å². The van der Waals surface area contributed by atoms with E-state index in [1.54, 1.807) is 6.92 Å². The molecular formula is C9H15F3O. The number of hydrogen-bond acceptors (Lipinski definition) is 1. The lowest BCUT2D eigenvalue weighted by molar-refractivity contribution is -0.288. The van der Waals surface area contributed by atoms with Crippen LogP contribution in [0.4, 0.5) is 13.2 Å². The van der Waals surface area contributed by atoms with E-state index in [4.69, 9.17) is 0 Å². The maximum Gasteiger partial charge on any atom is 0.417 e. The largest absolute Gasteiger partial charge is 0.417 e. The Hall–Kier alpha value is -0.250. The molecule has 0 aromatic rings. The highest BCUT2D eigenvalue weighted by Gasteiger charge is 2.57. The Balaban J connectivity index is 2.83. The van der Waals surface area contributed by atoms with Gasteiger partial charge in [-0.3, -0.25) is 0 Å². The lowest BCUT2D eigenvalue weighted by Crippen LogP contribution is -2.52. The average Bonchev–Trinajstić information content (AvgIpc) is 2.03. The molecule has 78 valence electrons. The van der Waals surface area contributed by atoms with E-state index in [-0.39, 0.29) is 6.42 Å². The second-order valence-corrected chi connectivity index (χ2v) is 3.77. The van der Waals surface area contributed by atoms with Gasteiger partial charge in [-0.1, -0.05) is 26.2 Å². The van der Waals surface area contributed by atoms with Crippen LogP contribution in [0, 0.1) is 5.92 Å². The van der Waals surface area contributed by atoms with Crippen molar-refractivity contribution in [1.82, 2.24) is 0 Å². The van der Waals surface area contributed by atoms with Crippen molar-refractivity contribution in [3.8, 4) is 0 Å². The first-order chi connectivity index (χ1) is 5.92. The van der Waals surface area contributed by atoms with E-state index in [0.29, 0.717) is 19.3 Å². The molecule has 0 bridgehead atoms. The predicted octanol–water partition coefficient (Wildman–Crippen LogP) is 2.88. The van der Waals surface area contributed by atoms with Gasteiger partial charge in [-0.2, -0.15) is 13.2 Å². The third kappa shape index (κ3) is 1.82. The molecule has 0 aromatic heterocycles. The van der Waals surface area contributed by atoms with Gasteiger partial charge in [0.2, 0.25) is 0 Å². The maximum atomic E-state index is 12.5. The molecule has 2 unspecified atom stereocenters. The Labute approximate surface area is 75.9 Å². The molecule has 0 saturated heterocycles. The Bertz CT molecular complexity index is 178. The van der Waals surface area contributed by atoms with Crippen LogP contribution in [0.3, 0.4) is 0 Å². The van der Waals surface area contributed by atoms with Crippen molar-refractivity contribution < 1.29 is 18.3 Å². The summed E-state index contributed by atoms with van der Waals surface area (Å²) >= 11 is 0. The van der Waals surface area contributed by atoms with E-state index in [9.17, 15) is 18.3 Å². The van der Waals surface area contributed by atoms with Crippen molar-refractivity contribution >= 4 is 0 Å². The SMILES string of the molecule is CCC1CCCCC1(O)C(F)(F)F. The molecule has 1 saturated carbocycles. The molecule has 0 radical (unpaired) electrons. The number of alkyl halides is 3. The Morgan fingerprint density at radius 3 is 2.38 bits per heavy atom. The summed E-state index contributed by atoms with van der Waals surface area (Å²) in [4.78, 5) is 0. The minimum Gasteiger partial charge on any atom is -0.380 e. The standard InChI is InChI=1S/C9H15F3O/c1-2-7-5-3-4-6-8(7,13)9(10,11)12/h7,13H,2-6H2,1H3. The highest BCUT2D eigenvalue weighted by atomic mass is 19.4. The summed E-state index contributed by atoms with van der Waals surface area (Å²) in [6.07, 6.45) is -2.42. The molecule has 1 rings (SSSR count). The third-order valence-corrected chi connectivity index (χ3v) is 3.02. The molecule has 4 heteroatoms. The maximum absolute atomic E-state index is 12.5. The summed E-state index contributed by atoms with van der Waals surface area (Å²) in [5.41, 5.74) is -2.42. The number of hydrogen-bond donors (Lipinski definition) is 1. The molecule has 0 spiro atoms. The lowest BCUT2D eigenvalue weighted by Gasteiger charge is -2.40. The summed E-state index contributed by atoms with van der Waals surface area (Å²) in [7, 11) is 0. The molecule has 2 atom stereocenters. The quantitative estimate of drug-likeness (QED) is 0.683. The zero-order valence-corrected chi connectivity index (χ0v) is 7.69. The number of halogens is 3. The van der Waals surface area contributed by atoms with E-state index < -0.39 is 17.7 Å². The number of rotatable bonds is 1. The summed E-state index contributed by atoms with van der Waals surface area (Å²) in [5, 5.41) is 9.54. The molecule has 0 aromatic carbocycles. The fourth-order valence-corrected chi connectivity index (χ4v) is 2.14. The zero-order chi connectivity index (χ0) is 10.1. The normalized spacial score (nSPS) is 36.2. The molecule has 1 aliphatic carbocycles. The van der Waals surface area contributed by atoms with Crippen LogP contribution in [-0.4, -0.2) is 16.9 Å². The Kier molecular flexibility index (Phi) is 2.90. The summed E-state index contributed by atoms with van der Waals surface area (Å²) in [5.74, 6) is -0.610. The summed E-state index contributed by atoms with van der Waals surface area (Å²) in [6, 6.07) is 0. The van der Waals surface area contributed by atoms with Crippen molar-refractivity contribution in [2.75, 3.05) is 0 Å². The minimum absolute atomic E-state index is 0.130. The van der Waals surface area contributed by atoms with Crippen molar-refractivity contribution in [3.05, 3.63) is 0 Å². The average molecular weight is 196 g/mol. The van der Waals surface area contributed by atoms with Crippen molar-refractivity contribution in [2.45, 2.75) is 50.8 Å². The molecule has 13 heavy (non-hydrogen) atoms. The van der Waals surface area contributed by atoms with E-state index in [1.165, 1.54) is 0 Å². The van der Waals surface area contributed by atoms with Crippen LogP contribution in [0.15, 0.2) is 0 Å². The molecule has 1 nitrogen and oxygen atoms in total. The van der Waals surface area contributed by atoms with Gasteiger partial charge in [0, 0.05) is 0 Å². The van der Waals surface area contributed by atoms with Gasteiger partial charge < -0.3 is 5.11 Å². The molecule has 1 fully saturated rings. The van der Waals surface area contributed by atoms with Crippen LogP contribution in [0.1, 0.15) is 39.0 Å². The third-order valence-electron chi connectivity index (χ3n) is 3.02. The highest BCUT2D eigenvalue weighted by molar-refractivity contribution is 4.95. The van der Waals surface area contributed by atoms with Gasteiger partial charge in [0.15, 0.2) is 5.60 Å². The first-order valence-corrected chi connectivity index (χ1v) is 4.71. The molecular weight excluding hydrogens is 181 g/mol. The van der Waals surface area contributed by atoms with Gasteiger partial charge in [-0.15, -0.1) is 0 Å². The van der Waals surface area contributed by atoms with E-state index in [2.05, 4.69) is 0 Å².